The number of furan rings is 1. The van der Waals surface area contributed by atoms with E-state index in [1.54, 1.807) is 0 Å². The van der Waals surface area contributed by atoms with Crippen LogP contribution in [0.1, 0.15) is 40.3 Å². The van der Waals surface area contributed by atoms with Crippen LogP contribution in [0.4, 0.5) is 0 Å². The normalized spacial score (nSPS) is 19.5. The van der Waals surface area contributed by atoms with Crippen LogP contribution in [0.15, 0.2) is 4.42 Å². The van der Waals surface area contributed by atoms with Gasteiger partial charge in [-0.3, -0.25) is 4.79 Å². The summed E-state index contributed by atoms with van der Waals surface area (Å²) in [5.74, 6) is 1.68. The molecule has 2 heterocycles. The van der Waals surface area contributed by atoms with E-state index in [1.807, 2.05) is 25.7 Å². The number of nitrogens with zero attached hydrogens (tertiary/aromatic N) is 1. The molecule has 104 valence electrons. The SMILES string of the molecule is Cc1oc(C)c(C(=O)N2CCCC(C(N)=S)C2)c1C. The number of hydrogen-bond acceptors (Lipinski definition) is 3. The van der Waals surface area contributed by atoms with Crippen LogP contribution in [0.25, 0.3) is 0 Å². The summed E-state index contributed by atoms with van der Waals surface area (Å²) >= 11 is 5.05. The summed E-state index contributed by atoms with van der Waals surface area (Å²) in [5.41, 5.74) is 7.33. The topological polar surface area (TPSA) is 59.5 Å². The van der Waals surface area contributed by atoms with Crippen LogP contribution in [0.3, 0.4) is 0 Å². The molecule has 1 unspecified atom stereocenters. The van der Waals surface area contributed by atoms with Gasteiger partial charge in [0.1, 0.15) is 11.5 Å². The fourth-order valence-electron chi connectivity index (χ4n) is 2.66. The van der Waals surface area contributed by atoms with Gasteiger partial charge in [-0.2, -0.15) is 0 Å². The Morgan fingerprint density at radius 1 is 1.37 bits per heavy atom. The van der Waals surface area contributed by atoms with E-state index in [2.05, 4.69) is 0 Å². The molecule has 1 amide bonds. The standard InChI is InChI=1S/C14H20N2O2S/c1-8-9(2)18-10(3)12(8)14(17)16-6-4-5-11(7-16)13(15)19/h11H,4-7H2,1-3H3,(H2,15,19). The first-order valence-electron chi connectivity index (χ1n) is 6.57. The lowest BCUT2D eigenvalue weighted by Crippen LogP contribution is -2.43. The minimum atomic E-state index is 0.0350. The lowest BCUT2D eigenvalue weighted by atomic mass is 9.97. The molecular formula is C14H20N2O2S. The largest absolute Gasteiger partial charge is 0.466 e. The second kappa shape index (κ2) is 5.33. The van der Waals surface area contributed by atoms with Crippen LogP contribution >= 0.6 is 12.2 Å². The number of aryl methyl sites for hydroxylation is 2. The predicted molar refractivity (Wildman–Crippen MR) is 78.3 cm³/mol. The van der Waals surface area contributed by atoms with Gasteiger partial charge in [0, 0.05) is 24.6 Å². The highest BCUT2D eigenvalue weighted by Crippen LogP contribution is 2.25. The summed E-state index contributed by atoms with van der Waals surface area (Å²) < 4.78 is 5.53. The van der Waals surface area contributed by atoms with Crippen LogP contribution in [-0.2, 0) is 0 Å². The molecule has 1 aliphatic heterocycles. The minimum Gasteiger partial charge on any atom is -0.466 e. The average molecular weight is 280 g/mol. The van der Waals surface area contributed by atoms with E-state index in [1.165, 1.54) is 0 Å². The molecule has 0 spiro atoms. The Bertz CT molecular complexity index is 522. The number of rotatable bonds is 2. The molecule has 2 N–H and O–H groups in total. The first kappa shape index (κ1) is 14.1. The highest BCUT2D eigenvalue weighted by Gasteiger charge is 2.29. The van der Waals surface area contributed by atoms with Gasteiger partial charge in [-0.05, 0) is 33.6 Å². The van der Waals surface area contributed by atoms with Crippen LogP contribution in [0, 0.1) is 26.7 Å². The molecule has 1 aromatic rings. The maximum Gasteiger partial charge on any atom is 0.257 e. The van der Waals surface area contributed by atoms with Crippen molar-refractivity contribution in [1.29, 1.82) is 0 Å². The van der Waals surface area contributed by atoms with Crippen molar-refractivity contribution in [1.82, 2.24) is 4.90 Å². The van der Waals surface area contributed by atoms with E-state index in [-0.39, 0.29) is 11.8 Å². The van der Waals surface area contributed by atoms with Crippen molar-refractivity contribution in [3.63, 3.8) is 0 Å². The lowest BCUT2D eigenvalue weighted by Gasteiger charge is -2.32. The minimum absolute atomic E-state index is 0.0350. The monoisotopic (exact) mass is 280 g/mol. The predicted octanol–water partition coefficient (Wildman–Crippen LogP) is 2.34. The molecule has 4 nitrogen and oxygen atoms in total. The van der Waals surface area contributed by atoms with Crippen molar-refractivity contribution >= 4 is 23.1 Å². The summed E-state index contributed by atoms with van der Waals surface area (Å²) in [6.45, 7) is 7.03. The number of thiocarbonyl (C=S) groups is 1. The molecule has 5 heteroatoms. The summed E-state index contributed by atoms with van der Waals surface area (Å²) in [7, 11) is 0. The molecule has 0 radical (unpaired) electrons. The first-order valence-corrected chi connectivity index (χ1v) is 6.97. The fraction of sp³-hybridized carbons (Fsp3) is 0.571. The maximum absolute atomic E-state index is 12.6. The van der Waals surface area contributed by atoms with Crippen molar-refractivity contribution in [2.45, 2.75) is 33.6 Å². The fourth-order valence-corrected chi connectivity index (χ4v) is 2.85. The van der Waals surface area contributed by atoms with Crippen molar-refractivity contribution in [3.05, 3.63) is 22.6 Å². The van der Waals surface area contributed by atoms with Crippen LogP contribution in [0.2, 0.25) is 0 Å². The molecule has 1 aromatic heterocycles. The zero-order valence-electron chi connectivity index (χ0n) is 11.7. The highest BCUT2D eigenvalue weighted by molar-refractivity contribution is 7.80. The van der Waals surface area contributed by atoms with Gasteiger partial charge in [0.2, 0.25) is 0 Å². The number of likely N-dealkylation sites (tertiary alicyclic amines) is 1. The van der Waals surface area contributed by atoms with E-state index in [0.29, 0.717) is 22.9 Å². The van der Waals surface area contributed by atoms with Crippen molar-refractivity contribution < 1.29 is 9.21 Å². The molecule has 1 atom stereocenters. The maximum atomic E-state index is 12.6. The number of nitrogens with two attached hydrogens (primary N) is 1. The number of carbonyl (C=O) groups excluding carboxylic acids is 1. The number of hydrogen-bond donors (Lipinski definition) is 1. The Kier molecular flexibility index (Phi) is 3.94. The van der Waals surface area contributed by atoms with Gasteiger partial charge in [0.25, 0.3) is 5.91 Å². The van der Waals surface area contributed by atoms with Gasteiger partial charge < -0.3 is 15.1 Å². The Morgan fingerprint density at radius 2 is 2.05 bits per heavy atom. The number of piperidine rings is 1. The van der Waals surface area contributed by atoms with Gasteiger partial charge in [0.15, 0.2) is 0 Å². The lowest BCUT2D eigenvalue weighted by molar-refractivity contribution is 0.0701. The number of carbonyl (C=O) groups is 1. The number of amides is 1. The summed E-state index contributed by atoms with van der Waals surface area (Å²) in [6.07, 6.45) is 1.92. The van der Waals surface area contributed by atoms with Crippen molar-refractivity contribution in [2.24, 2.45) is 11.7 Å². The van der Waals surface area contributed by atoms with Gasteiger partial charge >= 0.3 is 0 Å². The molecule has 2 rings (SSSR count). The third-order valence-corrected chi connectivity index (χ3v) is 4.22. The zero-order valence-corrected chi connectivity index (χ0v) is 12.5. The summed E-state index contributed by atoms with van der Waals surface area (Å²) in [6, 6.07) is 0. The van der Waals surface area contributed by atoms with E-state index >= 15 is 0 Å². The molecule has 1 fully saturated rings. The van der Waals surface area contributed by atoms with E-state index in [9.17, 15) is 4.79 Å². The van der Waals surface area contributed by atoms with Crippen LogP contribution < -0.4 is 5.73 Å². The molecule has 0 aliphatic carbocycles. The Labute approximate surface area is 118 Å². The molecule has 0 aromatic carbocycles. The molecular weight excluding hydrogens is 260 g/mol. The van der Waals surface area contributed by atoms with Crippen LogP contribution in [-0.4, -0.2) is 28.9 Å². The molecule has 1 saturated heterocycles. The smallest absolute Gasteiger partial charge is 0.257 e. The van der Waals surface area contributed by atoms with Crippen molar-refractivity contribution in [2.75, 3.05) is 13.1 Å². The first-order chi connectivity index (χ1) is 8.91. The highest BCUT2D eigenvalue weighted by atomic mass is 32.1. The van der Waals surface area contributed by atoms with E-state index < -0.39 is 0 Å². The third kappa shape index (κ3) is 2.66. The average Bonchev–Trinajstić information content (AvgIpc) is 2.62. The van der Waals surface area contributed by atoms with Gasteiger partial charge in [-0.15, -0.1) is 0 Å². The van der Waals surface area contributed by atoms with Crippen LogP contribution in [0.5, 0.6) is 0 Å². The van der Waals surface area contributed by atoms with Gasteiger partial charge in [-0.1, -0.05) is 12.2 Å². The van der Waals surface area contributed by atoms with Crippen molar-refractivity contribution in [3.8, 4) is 0 Å². The second-order valence-electron chi connectivity index (χ2n) is 5.21. The Balaban J connectivity index is 2.22. The second-order valence-corrected chi connectivity index (χ2v) is 5.68. The zero-order chi connectivity index (χ0) is 14.2. The van der Waals surface area contributed by atoms with Gasteiger partial charge in [0.05, 0.1) is 10.6 Å². The summed E-state index contributed by atoms with van der Waals surface area (Å²) in [5, 5.41) is 0. The quantitative estimate of drug-likeness (QED) is 0.845. The van der Waals surface area contributed by atoms with E-state index in [4.69, 9.17) is 22.4 Å². The Morgan fingerprint density at radius 3 is 2.58 bits per heavy atom. The van der Waals surface area contributed by atoms with E-state index in [0.717, 1.165) is 30.7 Å². The van der Waals surface area contributed by atoms with Gasteiger partial charge in [-0.25, -0.2) is 0 Å². The molecule has 19 heavy (non-hydrogen) atoms. The molecule has 0 saturated carbocycles. The Hall–Kier alpha value is -1.36. The molecule has 0 bridgehead atoms. The molecule has 1 aliphatic rings. The third-order valence-electron chi connectivity index (χ3n) is 3.89. The summed E-state index contributed by atoms with van der Waals surface area (Å²) in [4.78, 5) is 15.0.